The Morgan fingerprint density at radius 3 is 2.28 bits per heavy atom. The van der Waals surface area contributed by atoms with Crippen molar-refractivity contribution in [3.05, 3.63) is 62.6 Å². The summed E-state index contributed by atoms with van der Waals surface area (Å²) in [6.45, 7) is 8.10. The van der Waals surface area contributed by atoms with E-state index in [-0.39, 0.29) is 30.9 Å². The highest BCUT2D eigenvalue weighted by atomic mass is 35.5. The maximum Gasteiger partial charge on any atom is 0.261 e. The van der Waals surface area contributed by atoms with E-state index in [1.807, 2.05) is 27.7 Å². The highest BCUT2D eigenvalue weighted by Crippen LogP contribution is 2.27. The lowest BCUT2D eigenvalue weighted by molar-refractivity contribution is -0.143. The van der Waals surface area contributed by atoms with Gasteiger partial charge in [-0.2, -0.15) is 0 Å². The third-order valence-corrected chi connectivity index (χ3v) is 6.08. The molecule has 0 heterocycles. The largest absolute Gasteiger partial charge is 0.484 e. The van der Waals surface area contributed by atoms with Crippen molar-refractivity contribution < 1.29 is 14.3 Å². The van der Waals surface area contributed by atoms with Crippen molar-refractivity contribution in [3.63, 3.8) is 0 Å². The highest BCUT2D eigenvalue weighted by molar-refractivity contribution is 6.36. The molecule has 2 rings (SSSR count). The molecule has 32 heavy (non-hydrogen) atoms. The zero-order valence-corrected chi connectivity index (χ0v) is 21.0. The first-order valence-corrected chi connectivity index (χ1v) is 11.7. The van der Waals surface area contributed by atoms with Crippen molar-refractivity contribution in [3.8, 4) is 5.75 Å². The fourth-order valence-corrected chi connectivity index (χ4v) is 3.77. The molecule has 1 atom stereocenters. The second kappa shape index (κ2) is 12.3. The second-order valence-corrected chi connectivity index (χ2v) is 9.21. The van der Waals surface area contributed by atoms with Crippen LogP contribution in [0.5, 0.6) is 5.75 Å². The van der Waals surface area contributed by atoms with Gasteiger partial charge < -0.3 is 15.0 Å². The average molecular weight is 500 g/mol. The number of benzene rings is 2. The van der Waals surface area contributed by atoms with Gasteiger partial charge in [0.2, 0.25) is 5.91 Å². The number of rotatable bonds is 10. The lowest BCUT2D eigenvalue weighted by atomic mass is 10.1. The Labute approximate surface area is 205 Å². The molecule has 0 saturated carbocycles. The van der Waals surface area contributed by atoms with Crippen molar-refractivity contribution in [2.75, 3.05) is 13.2 Å². The summed E-state index contributed by atoms with van der Waals surface area (Å²) in [7, 11) is 0. The SMILES string of the molecule is CC[C@@H](C(=O)NCC(C)C)N(Cc1c(Cl)cccc1Cl)C(=O)COc1ccc(Cl)c(C)c1. The van der Waals surface area contributed by atoms with Gasteiger partial charge in [-0.15, -0.1) is 0 Å². The summed E-state index contributed by atoms with van der Waals surface area (Å²) in [6, 6.07) is 9.63. The average Bonchev–Trinajstić information content (AvgIpc) is 2.74. The topological polar surface area (TPSA) is 58.6 Å². The summed E-state index contributed by atoms with van der Waals surface area (Å²) in [5.41, 5.74) is 1.43. The van der Waals surface area contributed by atoms with Crippen molar-refractivity contribution >= 4 is 46.6 Å². The minimum atomic E-state index is -0.691. The zero-order chi connectivity index (χ0) is 23.8. The van der Waals surface area contributed by atoms with E-state index in [1.165, 1.54) is 4.90 Å². The molecule has 0 fully saturated rings. The molecule has 0 aliphatic rings. The summed E-state index contributed by atoms with van der Waals surface area (Å²) in [6.07, 6.45) is 0.428. The number of aryl methyl sites for hydroxylation is 1. The number of halogens is 3. The third kappa shape index (κ3) is 7.29. The Bertz CT molecular complexity index is 930. The molecule has 0 saturated heterocycles. The number of hydrogen-bond acceptors (Lipinski definition) is 3. The van der Waals surface area contributed by atoms with Gasteiger partial charge in [0.05, 0.1) is 0 Å². The van der Waals surface area contributed by atoms with E-state index < -0.39 is 6.04 Å². The summed E-state index contributed by atoms with van der Waals surface area (Å²) in [5.74, 6) is 0.239. The highest BCUT2D eigenvalue weighted by Gasteiger charge is 2.30. The van der Waals surface area contributed by atoms with Crippen LogP contribution in [0.2, 0.25) is 15.1 Å². The predicted octanol–water partition coefficient (Wildman–Crippen LogP) is 5.91. The van der Waals surface area contributed by atoms with Gasteiger partial charge in [-0.05, 0) is 55.2 Å². The molecule has 2 amide bonds. The predicted molar refractivity (Wildman–Crippen MR) is 131 cm³/mol. The molecule has 0 aliphatic carbocycles. The molecule has 0 unspecified atom stereocenters. The number of nitrogens with zero attached hydrogens (tertiary/aromatic N) is 1. The molecular formula is C24H29Cl3N2O3. The van der Waals surface area contributed by atoms with Crippen LogP contribution in [0.3, 0.4) is 0 Å². The maximum atomic E-state index is 13.2. The Hall–Kier alpha value is -1.95. The van der Waals surface area contributed by atoms with Crippen LogP contribution in [0, 0.1) is 12.8 Å². The molecule has 5 nitrogen and oxygen atoms in total. The lowest BCUT2D eigenvalue weighted by Gasteiger charge is -2.31. The van der Waals surface area contributed by atoms with Crippen molar-refractivity contribution in [1.82, 2.24) is 10.2 Å². The molecule has 8 heteroatoms. The molecule has 2 aromatic carbocycles. The first-order valence-electron chi connectivity index (χ1n) is 10.5. The number of amides is 2. The Balaban J connectivity index is 2.27. The summed E-state index contributed by atoms with van der Waals surface area (Å²) < 4.78 is 5.71. The van der Waals surface area contributed by atoms with Crippen molar-refractivity contribution in [2.24, 2.45) is 5.92 Å². The van der Waals surface area contributed by atoms with Crippen molar-refractivity contribution in [2.45, 2.75) is 46.7 Å². The number of nitrogens with one attached hydrogen (secondary N) is 1. The molecule has 0 radical (unpaired) electrons. The van der Waals surface area contributed by atoms with Crippen LogP contribution in [-0.2, 0) is 16.1 Å². The Morgan fingerprint density at radius 1 is 1.06 bits per heavy atom. The molecule has 0 aromatic heterocycles. The van der Waals surface area contributed by atoms with E-state index in [0.29, 0.717) is 39.3 Å². The molecular weight excluding hydrogens is 471 g/mol. The molecule has 0 bridgehead atoms. The lowest BCUT2D eigenvalue weighted by Crippen LogP contribution is -2.50. The summed E-state index contributed by atoms with van der Waals surface area (Å²) >= 11 is 18.8. The molecule has 174 valence electrons. The number of hydrogen-bond donors (Lipinski definition) is 1. The van der Waals surface area contributed by atoms with Gasteiger partial charge in [0.15, 0.2) is 6.61 Å². The fourth-order valence-electron chi connectivity index (χ4n) is 3.13. The number of carbonyl (C=O) groups is 2. The van der Waals surface area contributed by atoms with Crippen LogP contribution in [-0.4, -0.2) is 35.9 Å². The van der Waals surface area contributed by atoms with E-state index in [4.69, 9.17) is 39.5 Å². The van der Waals surface area contributed by atoms with Crippen LogP contribution >= 0.6 is 34.8 Å². The van der Waals surface area contributed by atoms with Gasteiger partial charge in [0, 0.05) is 33.7 Å². The van der Waals surface area contributed by atoms with Crippen LogP contribution in [0.1, 0.15) is 38.3 Å². The van der Waals surface area contributed by atoms with Gasteiger partial charge >= 0.3 is 0 Å². The van der Waals surface area contributed by atoms with E-state index in [1.54, 1.807) is 36.4 Å². The zero-order valence-electron chi connectivity index (χ0n) is 18.8. The minimum absolute atomic E-state index is 0.0912. The number of carbonyl (C=O) groups excluding carboxylic acids is 2. The monoisotopic (exact) mass is 498 g/mol. The third-order valence-electron chi connectivity index (χ3n) is 4.95. The Morgan fingerprint density at radius 2 is 1.72 bits per heavy atom. The quantitative estimate of drug-likeness (QED) is 0.442. The smallest absolute Gasteiger partial charge is 0.261 e. The molecule has 0 spiro atoms. The van der Waals surface area contributed by atoms with Crippen LogP contribution in [0.4, 0.5) is 0 Å². The van der Waals surface area contributed by atoms with Gasteiger partial charge in [0.1, 0.15) is 11.8 Å². The van der Waals surface area contributed by atoms with Crippen molar-refractivity contribution in [1.29, 1.82) is 0 Å². The van der Waals surface area contributed by atoms with Gasteiger partial charge in [0.25, 0.3) is 5.91 Å². The standard InChI is InChI=1S/C24H29Cl3N2O3/c1-5-22(24(31)28-12-15(2)3)29(13-18-20(26)7-6-8-21(18)27)23(30)14-32-17-9-10-19(25)16(4)11-17/h6-11,15,22H,5,12-14H2,1-4H3,(H,28,31)/t22-/m0/s1. The van der Waals surface area contributed by atoms with Gasteiger partial charge in [-0.3, -0.25) is 9.59 Å². The number of ether oxygens (including phenoxy) is 1. The van der Waals surface area contributed by atoms with E-state index in [0.717, 1.165) is 5.56 Å². The maximum absolute atomic E-state index is 13.2. The second-order valence-electron chi connectivity index (χ2n) is 7.98. The first kappa shape index (κ1) is 26.3. The van der Waals surface area contributed by atoms with E-state index in [2.05, 4.69) is 5.32 Å². The molecule has 1 N–H and O–H groups in total. The molecule has 0 aliphatic heterocycles. The fraction of sp³-hybridized carbons (Fsp3) is 0.417. The van der Waals surface area contributed by atoms with E-state index >= 15 is 0 Å². The van der Waals surface area contributed by atoms with Crippen LogP contribution < -0.4 is 10.1 Å². The molecule has 2 aromatic rings. The van der Waals surface area contributed by atoms with Gasteiger partial charge in [-0.25, -0.2) is 0 Å². The van der Waals surface area contributed by atoms with E-state index in [9.17, 15) is 9.59 Å². The Kier molecular flexibility index (Phi) is 10.1. The summed E-state index contributed by atoms with van der Waals surface area (Å²) in [5, 5.41) is 4.40. The van der Waals surface area contributed by atoms with Crippen LogP contribution in [0.25, 0.3) is 0 Å². The van der Waals surface area contributed by atoms with Crippen LogP contribution in [0.15, 0.2) is 36.4 Å². The summed E-state index contributed by atoms with van der Waals surface area (Å²) in [4.78, 5) is 27.6. The first-order chi connectivity index (χ1) is 15.1. The van der Waals surface area contributed by atoms with Gasteiger partial charge in [-0.1, -0.05) is 61.6 Å². The minimum Gasteiger partial charge on any atom is -0.484 e. The normalized spacial score (nSPS) is 11.9.